The average Bonchev–Trinajstić information content (AvgIpc) is 2.92. The lowest BCUT2D eigenvalue weighted by Gasteiger charge is -2.20. The number of aliphatic hydroxyl groups is 1. The first-order valence-electron chi connectivity index (χ1n) is 8.12. The second-order valence-electron chi connectivity index (χ2n) is 6.28. The zero-order chi connectivity index (χ0) is 18.2. The van der Waals surface area contributed by atoms with Gasteiger partial charge in [0.2, 0.25) is 0 Å². The lowest BCUT2D eigenvalue weighted by Crippen LogP contribution is -2.27. The van der Waals surface area contributed by atoms with Crippen LogP contribution in [0.3, 0.4) is 0 Å². The maximum absolute atomic E-state index is 11.9. The van der Waals surface area contributed by atoms with Crippen molar-refractivity contribution in [1.82, 2.24) is 9.38 Å². The van der Waals surface area contributed by atoms with Gasteiger partial charge in [0.15, 0.2) is 5.65 Å². The van der Waals surface area contributed by atoms with Crippen LogP contribution in [0.5, 0.6) is 0 Å². The number of ether oxygens (including phenoxy) is 1. The van der Waals surface area contributed by atoms with E-state index in [0.29, 0.717) is 17.9 Å². The van der Waals surface area contributed by atoms with Crippen molar-refractivity contribution in [2.45, 2.75) is 46.6 Å². The molecule has 0 unspecified atom stereocenters. The summed E-state index contributed by atoms with van der Waals surface area (Å²) in [6.45, 7) is 10.1. The summed E-state index contributed by atoms with van der Waals surface area (Å²) in [5.41, 5.74) is 1.36. The Morgan fingerprint density at radius 3 is 2.62 bits per heavy atom. The second-order valence-corrected chi connectivity index (χ2v) is 6.28. The van der Waals surface area contributed by atoms with E-state index >= 15 is 0 Å². The third-order valence-corrected chi connectivity index (χ3v) is 2.56. The third kappa shape index (κ3) is 6.45. The van der Waals surface area contributed by atoms with Gasteiger partial charge in [0.1, 0.15) is 5.60 Å². The number of amides is 1. The Labute approximate surface area is 143 Å². The van der Waals surface area contributed by atoms with E-state index < -0.39 is 11.7 Å². The monoisotopic (exact) mass is 336 g/mol. The minimum Gasteiger partial charge on any atom is -0.444 e. The molecule has 24 heavy (non-hydrogen) atoms. The average molecular weight is 336 g/mol. The quantitative estimate of drug-likeness (QED) is 0.795. The number of nitrogens with one attached hydrogen (secondary N) is 2. The molecule has 7 nitrogen and oxygen atoms in total. The van der Waals surface area contributed by atoms with Crippen LogP contribution < -0.4 is 10.6 Å². The van der Waals surface area contributed by atoms with Gasteiger partial charge in [-0.2, -0.15) is 0 Å². The van der Waals surface area contributed by atoms with E-state index in [1.54, 1.807) is 43.6 Å². The molecule has 0 aliphatic rings. The number of nitrogens with zero attached hydrogens (tertiary/aromatic N) is 2. The maximum atomic E-state index is 11.9. The molecule has 0 radical (unpaired) electrons. The van der Waals surface area contributed by atoms with Crippen LogP contribution in [0.2, 0.25) is 0 Å². The van der Waals surface area contributed by atoms with Gasteiger partial charge < -0.3 is 19.6 Å². The van der Waals surface area contributed by atoms with E-state index in [9.17, 15) is 4.79 Å². The van der Waals surface area contributed by atoms with Crippen molar-refractivity contribution >= 4 is 23.1 Å². The summed E-state index contributed by atoms with van der Waals surface area (Å²) in [6, 6.07) is 1.75. The normalized spacial score (nSPS) is 10.8. The molecule has 0 saturated heterocycles. The number of hydrogen-bond donors (Lipinski definition) is 3. The Bertz CT molecular complexity index is 647. The molecule has 0 atom stereocenters. The fourth-order valence-electron chi connectivity index (χ4n) is 1.84. The van der Waals surface area contributed by atoms with Crippen molar-refractivity contribution in [3.63, 3.8) is 0 Å². The standard InChI is InChI=1S/C14H20N4O3.C3H8/c1-14(2,3)21-13(20)17-11-8-10(15-5-7-19)9-18-6-4-16-12(11)18;1-3-2/h4,6,8-9,15,19H,5,7H2,1-3H3,(H,17,20);3H2,1-2H3. The van der Waals surface area contributed by atoms with E-state index in [1.807, 2.05) is 6.20 Å². The zero-order valence-electron chi connectivity index (χ0n) is 15.1. The number of carbonyl (C=O) groups excluding carboxylic acids is 1. The Kier molecular flexibility index (Phi) is 7.51. The molecule has 134 valence electrons. The van der Waals surface area contributed by atoms with Gasteiger partial charge in [-0.1, -0.05) is 20.3 Å². The van der Waals surface area contributed by atoms with Crippen LogP contribution in [0.4, 0.5) is 16.2 Å². The number of carbonyl (C=O) groups is 1. The van der Waals surface area contributed by atoms with Crippen LogP contribution in [0.15, 0.2) is 24.7 Å². The highest BCUT2D eigenvalue weighted by atomic mass is 16.6. The Hall–Kier alpha value is -2.28. The van der Waals surface area contributed by atoms with E-state index in [0.717, 1.165) is 5.69 Å². The Morgan fingerprint density at radius 1 is 1.38 bits per heavy atom. The van der Waals surface area contributed by atoms with Gasteiger partial charge in [-0.15, -0.1) is 0 Å². The molecule has 0 aromatic carbocycles. The van der Waals surface area contributed by atoms with Gasteiger partial charge in [0.05, 0.1) is 18.0 Å². The van der Waals surface area contributed by atoms with Crippen molar-refractivity contribution in [1.29, 1.82) is 0 Å². The summed E-state index contributed by atoms with van der Waals surface area (Å²) in [4.78, 5) is 16.1. The number of pyridine rings is 1. The maximum Gasteiger partial charge on any atom is 0.412 e. The van der Waals surface area contributed by atoms with Crippen molar-refractivity contribution in [3.05, 3.63) is 24.7 Å². The minimum atomic E-state index is -0.567. The molecule has 1 amide bonds. The number of aliphatic hydroxyl groups excluding tert-OH is 1. The molecular weight excluding hydrogens is 308 g/mol. The summed E-state index contributed by atoms with van der Waals surface area (Å²) < 4.78 is 7.02. The van der Waals surface area contributed by atoms with Crippen LogP contribution in [-0.4, -0.2) is 39.3 Å². The summed E-state index contributed by atoms with van der Waals surface area (Å²) >= 11 is 0. The number of hydrogen-bond acceptors (Lipinski definition) is 5. The first kappa shape index (κ1) is 19.8. The smallest absolute Gasteiger partial charge is 0.412 e. The van der Waals surface area contributed by atoms with Gasteiger partial charge in [-0.05, 0) is 26.8 Å². The first-order valence-corrected chi connectivity index (χ1v) is 8.12. The van der Waals surface area contributed by atoms with Gasteiger partial charge in [-0.3, -0.25) is 5.32 Å². The van der Waals surface area contributed by atoms with Crippen LogP contribution in [0.1, 0.15) is 41.0 Å². The van der Waals surface area contributed by atoms with E-state index in [4.69, 9.17) is 9.84 Å². The second kappa shape index (κ2) is 9.12. The zero-order valence-corrected chi connectivity index (χ0v) is 15.1. The predicted octanol–water partition coefficient (Wildman–Crippen LogP) is 3.50. The number of imidazole rings is 1. The fraction of sp³-hybridized carbons (Fsp3) is 0.529. The van der Waals surface area contributed by atoms with Crippen LogP contribution in [-0.2, 0) is 4.74 Å². The van der Waals surface area contributed by atoms with Crippen molar-refractivity contribution in [2.75, 3.05) is 23.8 Å². The Balaban J connectivity index is 0.000000891. The van der Waals surface area contributed by atoms with Crippen molar-refractivity contribution in [3.8, 4) is 0 Å². The summed E-state index contributed by atoms with van der Waals surface area (Å²) in [7, 11) is 0. The summed E-state index contributed by atoms with van der Waals surface area (Å²) in [5.74, 6) is 0. The molecule has 0 fully saturated rings. The lowest BCUT2D eigenvalue weighted by molar-refractivity contribution is 0.0636. The third-order valence-electron chi connectivity index (χ3n) is 2.56. The number of anilines is 2. The van der Waals surface area contributed by atoms with E-state index in [2.05, 4.69) is 29.5 Å². The first-order chi connectivity index (χ1) is 11.3. The van der Waals surface area contributed by atoms with Crippen molar-refractivity contribution < 1.29 is 14.6 Å². The lowest BCUT2D eigenvalue weighted by atomic mass is 10.2. The van der Waals surface area contributed by atoms with Crippen LogP contribution >= 0.6 is 0 Å². The fourth-order valence-corrected chi connectivity index (χ4v) is 1.84. The van der Waals surface area contributed by atoms with Crippen LogP contribution in [0.25, 0.3) is 5.65 Å². The highest BCUT2D eigenvalue weighted by Gasteiger charge is 2.17. The van der Waals surface area contributed by atoms with Gasteiger partial charge in [0, 0.05) is 25.1 Å². The molecule has 0 spiro atoms. The molecule has 0 aliphatic heterocycles. The van der Waals surface area contributed by atoms with E-state index in [1.165, 1.54) is 6.42 Å². The molecule has 2 heterocycles. The topological polar surface area (TPSA) is 87.9 Å². The predicted molar refractivity (Wildman–Crippen MR) is 96.6 cm³/mol. The molecule has 0 aliphatic carbocycles. The van der Waals surface area contributed by atoms with Crippen molar-refractivity contribution in [2.24, 2.45) is 0 Å². The van der Waals surface area contributed by atoms with E-state index in [-0.39, 0.29) is 6.61 Å². The molecule has 7 heteroatoms. The Morgan fingerprint density at radius 2 is 2.04 bits per heavy atom. The van der Waals surface area contributed by atoms with Gasteiger partial charge in [0.25, 0.3) is 0 Å². The molecule has 0 saturated carbocycles. The van der Waals surface area contributed by atoms with Gasteiger partial charge in [-0.25, -0.2) is 9.78 Å². The SMILES string of the molecule is CC(C)(C)OC(=O)Nc1cc(NCCO)cn2ccnc12.CCC. The molecule has 0 bridgehead atoms. The molecule has 2 aromatic rings. The number of aromatic nitrogens is 2. The molecule has 2 aromatic heterocycles. The molecule has 2 rings (SSSR count). The van der Waals surface area contributed by atoms with Gasteiger partial charge >= 0.3 is 6.09 Å². The highest BCUT2D eigenvalue weighted by Crippen LogP contribution is 2.21. The summed E-state index contributed by atoms with van der Waals surface area (Å²) in [5, 5.41) is 14.6. The summed E-state index contributed by atoms with van der Waals surface area (Å²) in [6.07, 6.45) is 5.97. The number of fused-ring (bicyclic) bond motifs is 1. The largest absolute Gasteiger partial charge is 0.444 e. The number of rotatable bonds is 4. The molecular formula is C17H28N4O3. The highest BCUT2D eigenvalue weighted by molar-refractivity contribution is 5.90. The minimum absolute atomic E-state index is 0.0246. The van der Waals surface area contributed by atoms with Crippen LogP contribution in [0, 0.1) is 0 Å². The molecule has 3 N–H and O–H groups in total.